The van der Waals surface area contributed by atoms with Gasteiger partial charge >= 0.3 is 0 Å². The van der Waals surface area contributed by atoms with E-state index in [0.717, 1.165) is 38.2 Å². The molecule has 108 valence electrons. The average Bonchev–Trinajstić information content (AvgIpc) is 2.47. The summed E-state index contributed by atoms with van der Waals surface area (Å²) in [4.78, 5) is 12.5. The minimum atomic E-state index is 0.00717. The van der Waals surface area contributed by atoms with Crippen molar-refractivity contribution in [3.63, 3.8) is 0 Å². The van der Waals surface area contributed by atoms with Crippen molar-refractivity contribution in [3.8, 4) is 0 Å². The van der Waals surface area contributed by atoms with Crippen molar-refractivity contribution in [1.29, 1.82) is 0 Å². The second-order valence-electron chi connectivity index (χ2n) is 5.80. The first-order chi connectivity index (χ1) is 9.74. The topological polar surface area (TPSA) is 50.4 Å². The summed E-state index contributed by atoms with van der Waals surface area (Å²) >= 11 is 0. The maximum atomic E-state index is 12.5. The molecule has 0 saturated carbocycles. The van der Waals surface area contributed by atoms with E-state index in [9.17, 15) is 4.79 Å². The van der Waals surface area contributed by atoms with E-state index < -0.39 is 0 Å². The highest BCUT2D eigenvalue weighted by atomic mass is 16.5. The van der Waals surface area contributed by atoms with Gasteiger partial charge in [-0.2, -0.15) is 0 Å². The van der Waals surface area contributed by atoms with Crippen LogP contribution < -0.4 is 10.6 Å². The third kappa shape index (κ3) is 2.80. The Morgan fingerprint density at radius 2 is 2.05 bits per heavy atom. The van der Waals surface area contributed by atoms with Gasteiger partial charge in [-0.15, -0.1) is 0 Å². The van der Waals surface area contributed by atoms with Gasteiger partial charge in [0.1, 0.15) is 0 Å². The van der Waals surface area contributed by atoms with Crippen LogP contribution in [0.5, 0.6) is 0 Å². The highest BCUT2D eigenvalue weighted by molar-refractivity contribution is 5.81. The molecule has 2 aliphatic rings. The monoisotopic (exact) mass is 274 g/mol. The maximum absolute atomic E-state index is 12.5. The van der Waals surface area contributed by atoms with Gasteiger partial charge in [0.15, 0.2) is 0 Å². The fourth-order valence-electron chi connectivity index (χ4n) is 3.07. The quantitative estimate of drug-likeness (QED) is 0.866. The number of benzene rings is 1. The first-order valence-electron chi connectivity index (χ1n) is 7.46. The fraction of sp³-hybridized carbons (Fsp3) is 0.562. The highest BCUT2D eigenvalue weighted by Crippen LogP contribution is 2.28. The SMILES string of the molecule is CC1Nc2ccccc2CC1C(=O)NC1CCOCC1. The Bertz CT molecular complexity index is 483. The summed E-state index contributed by atoms with van der Waals surface area (Å²) in [5.41, 5.74) is 2.40. The number of fused-ring (bicyclic) bond motifs is 1. The average molecular weight is 274 g/mol. The molecule has 0 aliphatic carbocycles. The largest absolute Gasteiger partial charge is 0.382 e. The molecule has 1 aromatic rings. The van der Waals surface area contributed by atoms with Crippen LogP contribution in [0.2, 0.25) is 0 Å². The molecule has 1 aromatic carbocycles. The molecule has 1 fully saturated rings. The van der Waals surface area contributed by atoms with Crippen molar-refractivity contribution in [2.75, 3.05) is 18.5 Å². The summed E-state index contributed by atoms with van der Waals surface area (Å²) in [5.74, 6) is 0.180. The molecule has 4 heteroatoms. The Kier molecular flexibility index (Phi) is 3.92. The molecular weight excluding hydrogens is 252 g/mol. The van der Waals surface area contributed by atoms with Crippen LogP contribution in [-0.2, 0) is 16.0 Å². The van der Waals surface area contributed by atoms with Crippen LogP contribution >= 0.6 is 0 Å². The van der Waals surface area contributed by atoms with Gasteiger partial charge in [0.2, 0.25) is 5.91 Å². The number of nitrogens with one attached hydrogen (secondary N) is 2. The Balaban J connectivity index is 1.66. The van der Waals surface area contributed by atoms with Gasteiger partial charge in [0.25, 0.3) is 0 Å². The van der Waals surface area contributed by atoms with E-state index >= 15 is 0 Å². The molecule has 1 amide bonds. The van der Waals surface area contributed by atoms with Crippen LogP contribution in [0.3, 0.4) is 0 Å². The van der Waals surface area contributed by atoms with Crippen molar-refractivity contribution in [1.82, 2.24) is 5.32 Å². The van der Waals surface area contributed by atoms with Crippen molar-refractivity contribution in [3.05, 3.63) is 29.8 Å². The summed E-state index contributed by atoms with van der Waals surface area (Å²) in [6, 6.07) is 8.69. The van der Waals surface area contributed by atoms with Crippen molar-refractivity contribution < 1.29 is 9.53 Å². The van der Waals surface area contributed by atoms with E-state index in [2.05, 4.69) is 29.7 Å². The number of hydrogen-bond acceptors (Lipinski definition) is 3. The van der Waals surface area contributed by atoms with Gasteiger partial charge in [0, 0.05) is 31.0 Å². The highest BCUT2D eigenvalue weighted by Gasteiger charge is 2.31. The number of para-hydroxylation sites is 1. The first kappa shape index (κ1) is 13.4. The minimum absolute atomic E-state index is 0.00717. The summed E-state index contributed by atoms with van der Waals surface area (Å²) in [7, 11) is 0. The van der Waals surface area contributed by atoms with Crippen molar-refractivity contribution in [2.24, 2.45) is 5.92 Å². The van der Waals surface area contributed by atoms with Crippen LogP contribution in [0.15, 0.2) is 24.3 Å². The van der Waals surface area contributed by atoms with Gasteiger partial charge in [-0.3, -0.25) is 4.79 Å². The number of amides is 1. The molecule has 0 spiro atoms. The second kappa shape index (κ2) is 5.83. The number of rotatable bonds is 2. The van der Waals surface area contributed by atoms with Gasteiger partial charge in [-0.05, 0) is 37.8 Å². The van der Waals surface area contributed by atoms with E-state index in [4.69, 9.17) is 4.74 Å². The molecule has 2 heterocycles. The molecule has 0 radical (unpaired) electrons. The lowest BCUT2D eigenvalue weighted by atomic mass is 9.87. The Morgan fingerprint density at radius 3 is 2.85 bits per heavy atom. The normalized spacial score (nSPS) is 26.4. The van der Waals surface area contributed by atoms with Gasteiger partial charge < -0.3 is 15.4 Å². The fourth-order valence-corrected chi connectivity index (χ4v) is 3.07. The molecule has 1 saturated heterocycles. The van der Waals surface area contributed by atoms with E-state index in [0.29, 0.717) is 0 Å². The number of carbonyl (C=O) groups is 1. The second-order valence-corrected chi connectivity index (χ2v) is 5.80. The molecule has 2 N–H and O–H groups in total. The number of anilines is 1. The summed E-state index contributed by atoms with van der Waals surface area (Å²) < 4.78 is 5.33. The molecule has 0 aromatic heterocycles. The van der Waals surface area contributed by atoms with Gasteiger partial charge in [-0.1, -0.05) is 18.2 Å². The van der Waals surface area contributed by atoms with Crippen molar-refractivity contribution in [2.45, 2.75) is 38.3 Å². The molecule has 2 unspecified atom stereocenters. The van der Waals surface area contributed by atoms with Crippen LogP contribution in [0.25, 0.3) is 0 Å². The lowest BCUT2D eigenvalue weighted by Gasteiger charge is -2.33. The standard InChI is InChI=1S/C16H22N2O2/c1-11-14(10-12-4-2-3-5-15(12)17-11)16(19)18-13-6-8-20-9-7-13/h2-5,11,13-14,17H,6-10H2,1H3,(H,18,19). The summed E-state index contributed by atoms with van der Waals surface area (Å²) in [6.45, 7) is 3.60. The Hall–Kier alpha value is -1.55. The number of carbonyl (C=O) groups excluding carboxylic acids is 1. The van der Waals surface area contributed by atoms with Crippen LogP contribution in [-0.4, -0.2) is 31.2 Å². The zero-order valence-electron chi connectivity index (χ0n) is 11.9. The molecule has 20 heavy (non-hydrogen) atoms. The van der Waals surface area contributed by atoms with Crippen LogP contribution in [0.4, 0.5) is 5.69 Å². The van der Waals surface area contributed by atoms with E-state index in [1.807, 2.05) is 12.1 Å². The molecule has 0 bridgehead atoms. The number of hydrogen-bond donors (Lipinski definition) is 2. The van der Waals surface area contributed by atoms with Gasteiger partial charge in [0.05, 0.1) is 5.92 Å². The summed E-state index contributed by atoms with van der Waals surface area (Å²) in [5, 5.41) is 6.63. The molecule has 4 nitrogen and oxygen atoms in total. The van der Waals surface area contributed by atoms with E-state index in [1.54, 1.807) is 0 Å². The zero-order valence-corrected chi connectivity index (χ0v) is 11.9. The van der Waals surface area contributed by atoms with E-state index in [1.165, 1.54) is 5.56 Å². The predicted octanol–water partition coefficient (Wildman–Crippen LogP) is 1.95. The smallest absolute Gasteiger partial charge is 0.225 e. The lowest BCUT2D eigenvalue weighted by Crippen LogP contribution is -2.48. The Labute approximate surface area is 119 Å². The third-order valence-electron chi connectivity index (χ3n) is 4.35. The lowest BCUT2D eigenvalue weighted by molar-refractivity contribution is -0.126. The van der Waals surface area contributed by atoms with Crippen LogP contribution in [0, 0.1) is 5.92 Å². The third-order valence-corrected chi connectivity index (χ3v) is 4.35. The first-order valence-corrected chi connectivity index (χ1v) is 7.46. The zero-order chi connectivity index (χ0) is 13.9. The number of ether oxygens (including phenoxy) is 1. The minimum Gasteiger partial charge on any atom is -0.382 e. The molecule has 2 aliphatic heterocycles. The molecule has 3 rings (SSSR count). The Morgan fingerprint density at radius 1 is 1.30 bits per heavy atom. The maximum Gasteiger partial charge on any atom is 0.225 e. The molecular formula is C16H22N2O2. The van der Waals surface area contributed by atoms with Crippen molar-refractivity contribution >= 4 is 11.6 Å². The van der Waals surface area contributed by atoms with Gasteiger partial charge in [-0.25, -0.2) is 0 Å². The summed E-state index contributed by atoms with van der Waals surface area (Å²) in [6.07, 6.45) is 2.67. The predicted molar refractivity (Wildman–Crippen MR) is 78.7 cm³/mol. The van der Waals surface area contributed by atoms with Crippen LogP contribution in [0.1, 0.15) is 25.3 Å². The molecule has 2 atom stereocenters. The van der Waals surface area contributed by atoms with E-state index in [-0.39, 0.29) is 23.9 Å².